The topological polar surface area (TPSA) is 172 Å². The van der Waals surface area contributed by atoms with Gasteiger partial charge in [0.25, 0.3) is 0 Å². The fourth-order valence-electron chi connectivity index (χ4n) is 8.57. The third-order valence-corrected chi connectivity index (χ3v) is 11.5. The van der Waals surface area contributed by atoms with E-state index < -0.39 is 35.7 Å². The molecule has 0 fully saturated rings. The van der Waals surface area contributed by atoms with Crippen LogP contribution in [0.5, 0.6) is 0 Å². The largest absolute Gasteiger partial charge is 3.00 e. The molecule has 3 unspecified atom stereocenters. The van der Waals surface area contributed by atoms with Crippen LogP contribution in [0.3, 0.4) is 0 Å². The summed E-state index contributed by atoms with van der Waals surface area (Å²) in [6.07, 6.45) is 3.37. The van der Waals surface area contributed by atoms with Crippen molar-refractivity contribution < 1.29 is 44.1 Å². The molecule has 0 radical (unpaired) electrons. The van der Waals surface area contributed by atoms with Gasteiger partial charge in [-0.15, -0.1) is 0 Å². The van der Waals surface area contributed by atoms with Gasteiger partial charge in [0.15, 0.2) is 17.3 Å². The van der Waals surface area contributed by atoms with Gasteiger partial charge in [-0.3, -0.25) is 14.4 Å². The molecule has 61 heavy (non-hydrogen) atoms. The van der Waals surface area contributed by atoms with Gasteiger partial charge < -0.3 is 29.7 Å². The zero-order valence-corrected chi connectivity index (χ0v) is 34.2. The first kappa shape index (κ1) is 43.8. The number of ketones is 3. The minimum Gasteiger partial charge on any atom is -0.549 e. The molecular weight excluding hydrogens is 784 g/mol. The Morgan fingerprint density at radius 2 is 0.590 bits per heavy atom. The van der Waals surface area contributed by atoms with Gasteiger partial charge in [-0.1, -0.05) is 146 Å². The molecule has 0 saturated heterocycles. The number of benzene rings is 6. The summed E-state index contributed by atoms with van der Waals surface area (Å²) >= 11 is 0. The average molecular weight is 823 g/mol. The smallest absolute Gasteiger partial charge is 0.549 e. The molecule has 3 aliphatic rings. The molecule has 0 saturated carbocycles. The van der Waals surface area contributed by atoms with E-state index in [2.05, 4.69) is 0 Å². The maximum Gasteiger partial charge on any atom is 3.00 e. The van der Waals surface area contributed by atoms with Crippen LogP contribution < -0.4 is 15.3 Å². The Kier molecular flexibility index (Phi) is 14.1. The molecule has 0 heterocycles. The van der Waals surface area contributed by atoms with Crippen molar-refractivity contribution in [1.29, 1.82) is 0 Å². The molecule has 10 heteroatoms. The number of carbonyl (C=O) groups excluding carboxylic acids is 6. The third-order valence-electron chi connectivity index (χ3n) is 11.5. The molecule has 0 N–H and O–H groups in total. The van der Waals surface area contributed by atoms with E-state index in [4.69, 9.17) is 0 Å². The van der Waals surface area contributed by atoms with Crippen LogP contribution in [0.2, 0.25) is 0 Å². The average Bonchev–Trinajstić information content (AvgIpc) is 4.05. The van der Waals surface area contributed by atoms with E-state index in [1.807, 2.05) is 54.6 Å². The molecule has 0 aliphatic heterocycles. The molecule has 0 aromatic heterocycles. The Balaban J connectivity index is 0.000000152. The fourth-order valence-corrected chi connectivity index (χ4v) is 8.57. The Labute approximate surface area is 363 Å². The summed E-state index contributed by atoms with van der Waals surface area (Å²) in [4.78, 5) is 70.9. The van der Waals surface area contributed by atoms with Gasteiger partial charge in [0, 0.05) is 69.0 Å². The second-order valence-electron chi connectivity index (χ2n) is 14.9. The zero-order valence-electron chi connectivity index (χ0n) is 33.1. The molecule has 0 spiro atoms. The Hall–Kier alpha value is -6.73. The summed E-state index contributed by atoms with van der Waals surface area (Å²) in [5, 5.41) is 33.4. The summed E-state index contributed by atoms with van der Waals surface area (Å²) in [5.74, 6) is -5.12. The molecule has 9 rings (SSSR count). The van der Waals surface area contributed by atoms with Crippen molar-refractivity contribution in [3.63, 3.8) is 0 Å². The van der Waals surface area contributed by atoms with Gasteiger partial charge in [0.1, 0.15) is 0 Å². The quantitative estimate of drug-likeness (QED) is 0.148. The van der Waals surface area contributed by atoms with Crippen molar-refractivity contribution in [2.45, 2.75) is 56.3 Å². The minimum atomic E-state index is -1.06. The summed E-state index contributed by atoms with van der Waals surface area (Å²) in [5.41, 5.74) is 8.45. The van der Waals surface area contributed by atoms with E-state index in [0.29, 0.717) is 71.9 Å². The van der Waals surface area contributed by atoms with Gasteiger partial charge in [-0.05, 0) is 71.9 Å². The number of hydrogen-bond donors (Lipinski definition) is 0. The number of aliphatic carboxylic acids is 3. The van der Waals surface area contributed by atoms with E-state index in [0.717, 1.165) is 33.4 Å². The van der Waals surface area contributed by atoms with Crippen molar-refractivity contribution in [3.05, 3.63) is 212 Å². The van der Waals surface area contributed by atoms with Crippen molar-refractivity contribution in [2.75, 3.05) is 0 Å². The standard InChI is InChI=1S/3C17H14O3.Al/c3*18-16(11-5-2-1-3-6-11)14-8-4-7-12-13(14)9-10-15(12)17(19)20;/h3*1-8,15H,9-10H2,(H,19,20);/q;;;+3/p-3. The molecular formula is C51H39AlO9. The van der Waals surface area contributed by atoms with E-state index in [-0.39, 0.29) is 34.7 Å². The van der Waals surface area contributed by atoms with Crippen LogP contribution in [0.15, 0.2) is 146 Å². The van der Waals surface area contributed by atoms with E-state index in [9.17, 15) is 44.1 Å². The molecule has 300 valence electrons. The van der Waals surface area contributed by atoms with Gasteiger partial charge in [-0.25, -0.2) is 0 Å². The fraction of sp³-hybridized carbons (Fsp3) is 0.176. The first-order valence-corrected chi connectivity index (χ1v) is 19.8. The molecule has 3 atom stereocenters. The molecule has 3 aliphatic carbocycles. The van der Waals surface area contributed by atoms with Crippen molar-refractivity contribution in [1.82, 2.24) is 0 Å². The predicted molar refractivity (Wildman–Crippen MR) is 223 cm³/mol. The molecule has 6 aromatic carbocycles. The van der Waals surface area contributed by atoms with Crippen molar-refractivity contribution >= 4 is 52.6 Å². The first-order chi connectivity index (χ1) is 29.0. The number of fused-ring (bicyclic) bond motifs is 3. The second kappa shape index (κ2) is 19.6. The van der Waals surface area contributed by atoms with Gasteiger partial charge in [0.05, 0.1) is 0 Å². The van der Waals surface area contributed by atoms with Crippen LogP contribution in [0.1, 0.15) is 118 Å². The molecule has 0 bridgehead atoms. The van der Waals surface area contributed by atoms with Crippen molar-refractivity contribution in [3.8, 4) is 0 Å². The minimum absolute atomic E-state index is 0. The van der Waals surface area contributed by atoms with Crippen LogP contribution in [0.25, 0.3) is 0 Å². The van der Waals surface area contributed by atoms with Crippen LogP contribution in [-0.4, -0.2) is 52.6 Å². The van der Waals surface area contributed by atoms with Gasteiger partial charge in [0.2, 0.25) is 0 Å². The van der Waals surface area contributed by atoms with Gasteiger partial charge >= 0.3 is 17.4 Å². The van der Waals surface area contributed by atoms with E-state index >= 15 is 0 Å². The number of hydrogen-bond acceptors (Lipinski definition) is 9. The zero-order chi connectivity index (χ0) is 42.3. The Bertz CT molecular complexity index is 2320. The first-order valence-electron chi connectivity index (χ1n) is 19.8. The molecule has 0 amide bonds. The SMILES string of the molecule is O=C(c1ccccc1)c1cccc2c1CCC2C(=O)[O-].O=C(c1ccccc1)c1cccc2c1CCC2C(=O)[O-].O=C(c1ccccc1)c1cccc2c1CCC2C(=O)[O-].[Al+3]. The predicted octanol–water partition coefficient (Wildman–Crippen LogP) is 4.71. The van der Waals surface area contributed by atoms with Crippen molar-refractivity contribution in [2.24, 2.45) is 0 Å². The Morgan fingerprint density at radius 1 is 0.344 bits per heavy atom. The number of carbonyl (C=O) groups is 6. The summed E-state index contributed by atoms with van der Waals surface area (Å²) in [7, 11) is 0. The molecule has 9 nitrogen and oxygen atoms in total. The van der Waals surface area contributed by atoms with E-state index in [1.54, 1.807) is 91.0 Å². The van der Waals surface area contributed by atoms with Crippen LogP contribution >= 0.6 is 0 Å². The number of rotatable bonds is 9. The summed E-state index contributed by atoms with van der Waals surface area (Å²) in [6, 6.07) is 43.0. The third kappa shape index (κ3) is 9.37. The maximum absolute atomic E-state index is 12.5. The van der Waals surface area contributed by atoms with Crippen LogP contribution in [-0.2, 0) is 33.6 Å². The second-order valence-corrected chi connectivity index (χ2v) is 14.9. The van der Waals surface area contributed by atoms with E-state index in [1.165, 1.54) is 0 Å². The monoisotopic (exact) mass is 822 g/mol. The summed E-state index contributed by atoms with van der Waals surface area (Å²) < 4.78 is 0. The number of carboxylic acids is 3. The number of carboxylic acid groups (broad SMARTS) is 3. The van der Waals surface area contributed by atoms with Crippen LogP contribution in [0.4, 0.5) is 0 Å². The van der Waals surface area contributed by atoms with Crippen LogP contribution in [0, 0.1) is 0 Å². The van der Waals surface area contributed by atoms with Gasteiger partial charge in [-0.2, -0.15) is 0 Å². The normalized spacial score (nSPS) is 16.4. The Morgan fingerprint density at radius 3 is 0.820 bits per heavy atom. The summed E-state index contributed by atoms with van der Waals surface area (Å²) in [6.45, 7) is 0. The maximum atomic E-state index is 12.5. The molecule has 6 aromatic rings.